The van der Waals surface area contributed by atoms with Crippen LogP contribution in [0.1, 0.15) is 13.2 Å². The Kier molecular flexibility index (Phi) is 3.69. The number of aliphatic hydroxyl groups is 2. The van der Waals surface area contributed by atoms with Gasteiger partial charge in [0, 0.05) is 5.92 Å². The highest BCUT2D eigenvalue weighted by molar-refractivity contribution is 5.70. The number of ether oxygens (including phenoxy) is 1. The summed E-state index contributed by atoms with van der Waals surface area (Å²) in [5.41, 5.74) is 11.5. The Balaban J connectivity index is 2.13. The monoisotopic (exact) mass is 318 g/mol. The molecule has 3 rings (SSSR count). The smallest absolute Gasteiger partial charge is 0.222 e. The lowest BCUT2D eigenvalue weighted by Gasteiger charge is -2.29. The van der Waals surface area contributed by atoms with Gasteiger partial charge in [-0.2, -0.15) is 4.98 Å². The molecule has 2 unspecified atom stereocenters. The lowest BCUT2D eigenvalue weighted by molar-refractivity contribution is -0.0676. The van der Waals surface area contributed by atoms with Crippen LogP contribution in [-0.4, -0.2) is 54.1 Å². The highest BCUT2D eigenvalue weighted by Crippen LogP contribution is 2.42. The third-order valence-electron chi connectivity index (χ3n) is 4.21. The number of nitrogens with two attached hydrogens (primary N) is 2. The Hall–Kier alpha value is -2.25. The van der Waals surface area contributed by atoms with Crippen LogP contribution >= 0.6 is 0 Å². The molecule has 0 radical (unpaired) electrons. The van der Waals surface area contributed by atoms with Gasteiger partial charge in [-0.05, 0) is 6.92 Å². The largest absolute Gasteiger partial charge is 0.396 e. The number of fused-ring (bicyclic) bond motifs is 1. The number of imidazole rings is 1. The maximum absolute atomic E-state index is 9.92. The minimum Gasteiger partial charge on any atom is -0.396 e. The zero-order chi connectivity index (χ0) is 16.8. The van der Waals surface area contributed by atoms with Crippen molar-refractivity contribution in [1.82, 2.24) is 19.5 Å². The van der Waals surface area contributed by atoms with Crippen LogP contribution in [0.4, 0.5) is 5.95 Å². The Bertz CT molecular complexity index is 769. The van der Waals surface area contributed by atoms with E-state index in [0.717, 1.165) is 0 Å². The van der Waals surface area contributed by atoms with Gasteiger partial charge in [-0.1, -0.05) is 5.92 Å². The van der Waals surface area contributed by atoms with Gasteiger partial charge in [0.2, 0.25) is 5.95 Å². The molecule has 6 N–H and O–H groups in total. The maximum Gasteiger partial charge on any atom is 0.222 e. The third-order valence-corrected chi connectivity index (χ3v) is 4.21. The van der Waals surface area contributed by atoms with E-state index in [9.17, 15) is 10.2 Å². The van der Waals surface area contributed by atoms with Crippen molar-refractivity contribution in [1.29, 1.82) is 0 Å². The van der Waals surface area contributed by atoms with E-state index >= 15 is 0 Å². The average Bonchev–Trinajstić information content (AvgIpc) is 3.05. The molecule has 0 aliphatic carbocycles. The third kappa shape index (κ3) is 2.24. The lowest BCUT2D eigenvalue weighted by atomic mass is 9.82. The van der Waals surface area contributed by atoms with Crippen LogP contribution in [-0.2, 0) is 4.74 Å². The zero-order valence-electron chi connectivity index (χ0n) is 12.5. The van der Waals surface area contributed by atoms with Crippen molar-refractivity contribution in [3.8, 4) is 12.3 Å². The fourth-order valence-electron chi connectivity index (χ4n) is 3.00. The van der Waals surface area contributed by atoms with Crippen LogP contribution in [0.3, 0.4) is 0 Å². The molecule has 122 valence electrons. The van der Waals surface area contributed by atoms with Crippen molar-refractivity contribution in [3.63, 3.8) is 0 Å². The molecule has 2 aromatic heterocycles. The molecule has 1 fully saturated rings. The summed E-state index contributed by atoms with van der Waals surface area (Å²) in [5.74, 6) is 1.93. The molecule has 1 aliphatic heterocycles. The van der Waals surface area contributed by atoms with E-state index in [0.29, 0.717) is 11.2 Å². The molecule has 23 heavy (non-hydrogen) atoms. The zero-order valence-corrected chi connectivity index (χ0v) is 12.5. The standard InChI is InChI=1S/C14H18N6O3/c1-3-14(16)8(5-21)10(7(2)22)23-12(14)20-6-18-9-4-17-13(15)19-11(9)20/h1,4,6-8,10,12,21-22H,5,16H2,2H3,(H2,15,17,19)/t7-,8?,10+,12+,14?/m0/s1. The van der Waals surface area contributed by atoms with Crippen LogP contribution in [0.15, 0.2) is 12.5 Å². The summed E-state index contributed by atoms with van der Waals surface area (Å²) < 4.78 is 7.42. The molecule has 0 spiro atoms. The second-order valence-corrected chi connectivity index (χ2v) is 5.65. The number of rotatable bonds is 3. The topological polar surface area (TPSA) is 145 Å². The van der Waals surface area contributed by atoms with Gasteiger partial charge >= 0.3 is 0 Å². The summed E-state index contributed by atoms with van der Waals surface area (Å²) in [6.07, 6.45) is 6.14. The number of terminal acetylenes is 1. The fraction of sp³-hybridized carbons (Fsp3) is 0.500. The minimum atomic E-state index is -1.34. The van der Waals surface area contributed by atoms with Crippen molar-refractivity contribution >= 4 is 17.1 Å². The van der Waals surface area contributed by atoms with E-state index in [4.69, 9.17) is 22.6 Å². The predicted molar refractivity (Wildman–Crippen MR) is 81.7 cm³/mol. The van der Waals surface area contributed by atoms with Crippen molar-refractivity contribution in [2.45, 2.75) is 30.9 Å². The molecule has 0 bridgehead atoms. The molecule has 0 amide bonds. The number of aliphatic hydroxyl groups excluding tert-OH is 2. The molecular weight excluding hydrogens is 300 g/mol. The number of nitrogen functional groups attached to an aromatic ring is 1. The number of nitrogens with zero attached hydrogens (tertiary/aromatic N) is 4. The van der Waals surface area contributed by atoms with E-state index < -0.39 is 29.9 Å². The van der Waals surface area contributed by atoms with E-state index in [2.05, 4.69) is 20.9 Å². The van der Waals surface area contributed by atoms with Gasteiger partial charge in [0.05, 0.1) is 31.3 Å². The molecule has 9 nitrogen and oxygen atoms in total. The van der Waals surface area contributed by atoms with E-state index in [-0.39, 0.29) is 12.6 Å². The molecule has 5 atom stereocenters. The van der Waals surface area contributed by atoms with Crippen LogP contribution in [0, 0.1) is 18.3 Å². The summed E-state index contributed by atoms with van der Waals surface area (Å²) in [7, 11) is 0. The van der Waals surface area contributed by atoms with Crippen LogP contribution in [0.25, 0.3) is 11.2 Å². The number of aromatic nitrogens is 4. The van der Waals surface area contributed by atoms with Crippen molar-refractivity contribution in [2.24, 2.45) is 11.7 Å². The first-order chi connectivity index (χ1) is 10.9. The van der Waals surface area contributed by atoms with Crippen LogP contribution in [0.2, 0.25) is 0 Å². The quantitative estimate of drug-likeness (QED) is 0.507. The molecule has 1 aliphatic rings. The van der Waals surface area contributed by atoms with E-state index in [1.165, 1.54) is 12.5 Å². The fourth-order valence-corrected chi connectivity index (χ4v) is 3.00. The second kappa shape index (κ2) is 5.43. The molecule has 0 saturated carbocycles. The molecule has 1 saturated heterocycles. The lowest BCUT2D eigenvalue weighted by Crippen LogP contribution is -2.52. The predicted octanol–water partition coefficient (Wildman–Crippen LogP) is -1.37. The van der Waals surface area contributed by atoms with Gasteiger partial charge in [0.15, 0.2) is 11.9 Å². The highest BCUT2D eigenvalue weighted by Gasteiger charge is 2.55. The van der Waals surface area contributed by atoms with E-state index in [1.807, 2.05) is 0 Å². The van der Waals surface area contributed by atoms with Crippen LogP contribution < -0.4 is 11.5 Å². The number of hydrogen-bond donors (Lipinski definition) is 4. The Morgan fingerprint density at radius 3 is 2.91 bits per heavy atom. The molecule has 9 heteroatoms. The molecule has 3 heterocycles. The first-order valence-corrected chi connectivity index (χ1v) is 7.08. The SMILES string of the molecule is C#CC1(N)C(CO)[C@@H]([C@H](C)O)O[C@H]1n1cnc2cnc(N)nc21. The number of anilines is 1. The Labute approximate surface area is 132 Å². The van der Waals surface area contributed by atoms with E-state index in [1.54, 1.807) is 11.5 Å². The molecular formula is C14H18N6O3. The molecule has 2 aromatic rings. The normalized spacial score (nSPS) is 32.0. The summed E-state index contributed by atoms with van der Waals surface area (Å²) in [6, 6.07) is 0. The van der Waals surface area contributed by atoms with Gasteiger partial charge < -0.3 is 26.4 Å². The molecule has 0 aromatic carbocycles. The average molecular weight is 318 g/mol. The second-order valence-electron chi connectivity index (χ2n) is 5.65. The number of hydrogen-bond acceptors (Lipinski definition) is 8. The first-order valence-electron chi connectivity index (χ1n) is 7.08. The Morgan fingerprint density at radius 1 is 1.57 bits per heavy atom. The van der Waals surface area contributed by atoms with Crippen molar-refractivity contribution in [2.75, 3.05) is 12.3 Å². The summed E-state index contributed by atoms with van der Waals surface area (Å²) in [6.45, 7) is 1.23. The summed E-state index contributed by atoms with van der Waals surface area (Å²) >= 11 is 0. The minimum absolute atomic E-state index is 0.0753. The summed E-state index contributed by atoms with van der Waals surface area (Å²) in [4.78, 5) is 12.2. The summed E-state index contributed by atoms with van der Waals surface area (Å²) in [5, 5.41) is 19.6. The van der Waals surface area contributed by atoms with Gasteiger partial charge in [-0.25, -0.2) is 9.97 Å². The first kappa shape index (κ1) is 15.6. The van der Waals surface area contributed by atoms with Crippen molar-refractivity contribution in [3.05, 3.63) is 12.5 Å². The van der Waals surface area contributed by atoms with Gasteiger partial charge in [-0.15, -0.1) is 6.42 Å². The van der Waals surface area contributed by atoms with Gasteiger partial charge in [0.1, 0.15) is 11.1 Å². The highest BCUT2D eigenvalue weighted by atomic mass is 16.5. The Morgan fingerprint density at radius 2 is 2.30 bits per heavy atom. The van der Waals surface area contributed by atoms with Gasteiger partial charge in [-0.3, -0.25) is 4.57 Å². The maximum atomic E-state index is 9.92. The van der Waals surface area contributed by atoms with Gasteiger partial charge in [0.25, 0.3) is 0 Å². The van der Waals surface area contributed by atoms with Crippen molar-refractivity contribution < 1.29 is 14.9 Å². The van der Waals surface area contributed by atoms with Crippen LogP contribution in [0.5, 0.6) is 0 Å².